The third-order valence-electron chi connectivity index (χ3n) is 6.18. The molecule has 38 heavy (non-hydrogen) atoms. The number of hydrogen-bond acceptors (Lipinski definition) is 7. The van der Waals surface area contributed by atoms with Crippen molar-refractivity contribution in [2.45, 2.75) is 19.9 Å². The molecule has 2 heterocycles. The number of nitrogens with one attached hydrogen (secondary N) is 2. The SMILES string of the molecule is CCOc1nc2cccc(C(=O)NCCCOC)c2n1Cc1ccc(-c2ccccc2-c2nn[nH]n2)cc1. The van der Waals surface area contributed by atoms with E-state index in [9.17, 15) is 4.79 Å². The van der Waals surface area contributed by atoms with Crippen molar-refractivity contribution in [2.75, 3.05) is 26.9 Å². The van der Waals surface area contributed by atoms with Crippen LogP contribution in [0.15, 0.2) is 66.7 Å². The van der Waals surface area contributed by atoms with Crippen molar-refractivity contribution >= 4 is 16.9 Å². The Balaban J connectivity index is 1.46. The number of rotatable bonds is 11. The van der Waals surface area contributed by atoms with Crippen LogP contribution in [0.5, 0.6) is 6.01 Å². The van der Waals surface area contributed by atoms with Gasteiger partial charge in [-0.1, -0.05) is 54.6 Å². The molecule has 0 spiro atoms. The topological polar surface area (TPSA) is 120 Å². The highest BCUT2D eigenvalue weighted by Crippen LogP contribution is 2.31. The van der Waals surface area contributed by atoms with Crippen LogP contribution in [0.25, 0.3) is 33.5 Å². The number of para-hydroxylation sites is 1. The van der Waals surface area contributed by atoms with E-state index in [2.05, 4.69) is 55.2 Å². The molecule has 5 aromatic rings. The van der Waals surface area contributed by atoms with Gasteiger partial charge < -0.3 is 14.8 Å². The van der Waals surface area contributed by atoms with Crippen LogP contribution in [0, 0.1) is 0 Å². The van der Waals surface area contributed by atoms with E-state index in [4.69, 9.17) is 9.47 Å². The Hall–Kier alpha value is -4.57. The van der Waals surface area contributed by atoms with Crippen LogP contribution < -0.4 is 10.1 Å². The second kappa shape index (κ2) is 11.7. The van der Waals surface area contributed by atoms with Gasteiger partial charge in [-0.15, -0.1) is 10.2 Å². The Labute approximate surface area is 220 Å². The zero-order chi connectivity index (χ0) is 26.3. The van der Waals surface area contributed by atoms with Crippen molar-refractivity contribution in [3.8, 4) is 28.5 Å². The predicted octanol–water partition coefficient (Wildman–Crippen LogP) is 4.10. The molecule has 0 fully saturated rings. The zero-order valence-electron chi connectivity index (χ0n) is 21.3. The molecule has 10 heteroatoms. The minimum atomic E-state index is -0.149. The van der Waals surface area contributed by atoms with Crippen molar-refractivity contribution in [2.24, 2.45) is 0 Å². The molecule has 0 aliphatic rings. The maximum atomic E-state index is 13.1. The molecule has 194 valence electrons. The van der Waals surface area contributed by atoms with Gasteiger partial charge >= 0.3 is 0 Å². The van der Waals surface area contributed by atoms with E-state index in [1.54, 1.807) is 7.11 Å². The smallest absolute Gasteiger partial charge is 0.297 e. The Morgan fingerprint density at radius 2 is 1.84 bits per heavy atom. The molecule has 2 N–H and O–H groups in total. The molecule has 1 amide bonds. The van der Waals surface area contributed by atoms with Crippen LogP contribution >= 0.6 is 0 Å². The van der Waals surface area contributed by atoms with Gasteiger partial charge in [-0.05, 0) is 47.4 Å². The molecular weight excluding hydrogens is 482 g/mol. The Morgan fingerprint density at radius 3 is 2.58 bits per heavy atom. The van der Waals surface area contributed by atoms with Crippen LogP contribution in [-0.2, 0) is 11.3 Å². The highest BCUT2D eigenvalue weighted by atomic mass is 16.5. The lowest BCUT2D eigenvalue weighted by molar-refractivity contribution is 0.0950. The standard InChI is InChI=1S/C28H29N7O3/c1-3-38-28-30-24-11-6-10-23(27(36)29-16-7-17-37-2)25(24)35(28)18-19-12-14-20(15-13-19)21-8-4-5-9-22(21)26-31-33-34-32-26/h4-6,8-15H,3,7,16-18H2,1-2H3,(H,29,36)(H,31,32,33,34). The number of H-pyrrole nitrogens is 1. The van der Waals surface area contributed by atoms with Crippen LogP contribution in [0.1, 0.15) is 29.3 Å². The number of amides is 1. The lowest BCUT2D eigenvalue weighted by Crippen LogP contribution is -2.25. The molecule has 0 aliphatic carbocycles. The van der Waals surface area contributed by atoms with Crippen molar-refractivity contribution in [3.05, 3.63) is 77.9 Å². The summed E-state index contributed by atoms with van der Waals surface area (Å²) in [4.78, 5) is 17.7. The number of hydrogen-bond donors (Lipinski definition) is 2. The number of nitrogens with zero attached hydrogens (tertiary/aromatic N) is 5. The Bertz CT molecular complexity index is 1510. The van der Waals surface area contributed by atoms with Gasteiger partial charge in [0.25, 0.3) is 11.9 Å². The van der Waals surface area contributed by atoms with E-state index < -0.39 is 0 Å². The number of ether oxygens (including phenoxy) is 2. The third kappa shape index (κ3) is 5.25. The number of aromatic amines is 1. The van der Waals surface area contributed by atoms with E-state index in [0.717, 1.165) is 34.2 Å². The lowest BCUT2D eigenvalue weighted by atomic mass is 9.98. The highest BCUT2D eigenvalue weighted by Gasteiger charge is 2.19. The summed E-state index contributed by atoms with van der Waals surface area (Å²) in [6.45, 7) is 4.00. The summed E-state index contributed by atoms with van der Waals surface area (Å²) in [6.07, 6.45) is 0.740. The summed E-state index contributed by atoms with van der Waals surface area (Å²) in [7, 11) is 1.65. The monoisotopic (exact) mass is 511 g/mol. The fraction of sp³-hybridized carbons (Fsp3) is 0.250. The summed E-state index contributed by atoms with van der Waals surface area (Å²) in [5.41, 5.74) is 6.00. The number of imidazole rings is 1. The van der Waals surface area contributed by atoms with E-state index in [1.807, 2.05) is 54.0 Å². The van der Waals surface area contributed by atoms with Gasteiger partial charge in [0.05, 0.1) is 29.7 Å². The van der Waals surface area contributed by atoms with Gasteiger partial charge in [0, 0.05) is 25.8 Å². The number of benzene rings is 3. The first kappa shape index (κ1) is 25.1. The maximum absolute atomic E-state index is 13.1. The molecule has 0 saturated heterocycles. The molecule has 0 radical (unpaired) electrons. The molecule has 0 aliphatic heterocycles. The van der Waals surface area contributed by atoms with Gasteiger partial charge in [-0.2, -0.15) is 10.2 Å². The molecule has 0 unspecified atom stereocenters. The fourth-order valence-corrected chi connectivity index (χ4v) is 4.43. The summed E-state index contributed by atoms with van der Waals surface area (Å²) >= 11 is 0. The molecule has 10 nitrogen and oxygen atoms in total. The van der Waals surface area contributed by atoms with Gasteiger partial charge in [0.15, 0.2) is 0 Å². The third-order valence-corrected chi connectivity index (χ3v) is 6.18. The molecule has 0 saturated carbocycles. The van der Waals surface area contributed by atoms with Crippen LogP contribution in [-0.4, -0.2) is 63.0 Å². The Morgan fingerprint density at radius 1 is 1.03 bits per heavy atom. The first-order valence-electron chi connectivity index (χ1n) is 12.5. The molecule has 2 aromatic heterocycles. The predicted molar refractivity (Wildman–Crippen MR) is 144 cm³/mol. The Kier molecular flexibility index (Phi) is 7.70. The highest BCUT2D eigenvalue weighted by molar-refractivity contribution is 6.05. The largest absolute Gasteiger partial charge is 0.465 e. The van der Waals surface area contributed by atoms with Gasteiger partial charge in [-0.25, -0.2) is 0 Å². The summed E-state index contributed by atoms with van der Waals surface area (Å²) in [6, 6.07) is 22.3. The van der Waals surface area contributed by atoms with Crippen LogP contribution in [0.2, 0.25) is 0 Å². The molecule has 3 aromatic carbocycles. The average molecular weight is 512 g/mol. The number of tetrazole rings is 1. The van der Waals surface area contributed by atoms with Gasteiger partial charge in [-0.3, -0.25) is 9.36 Å². The second-order valence-corrected chi connectivity index (χ2v) is 8.67. The molecular formula is C28H29N7O3. The van der Waals surface area contributed by atoms with Crippen LogP contribution in [0.3, 0.4) is 0 Å². The van der Waals surface area contributed by atoms with E-state index in [0.29, 0.717) is 49.2 Å². The van der Waals surface area contributed by atoms with Crippen LogP contribution in [0.4, 0.5) is 0 Å². The van der Waals surface area contributed by atoms with E-state index in [-0.39, 0.29) is 5.91 Å². The normalized spacial score (nSPS) is 11.1. The molecule has 5 rings (SSSR count). The van der Waals surface area contributed by atoms with Crippen molar-refractivity contribution in [1.82, 2.24) is 35.5 Å². The quantitative estimate of drug-likeness (QED) is 0.256. The second-order valence-electron chi connectivity index (χ2n) is 8.67. The van der Waals surface area contributed by atoms with E-state index in [1.165, 1.54) is 0 Å². The van der Waals surface area contributed by atoms with Gasteiger partial charge in [0.1, 0.15) is 0 Å². The average Bonchev–Trinajstić information content (AvgIpc) is 3.60. The number of carbonyl (C=O) groups is 1. The van der Waals surface area contributed by atoms with Gasteiger partial charge in [0.2, 0.25) is 5.82 Å². The van der Waals surface area contributed by atoms with Crippen molar-refractivity contribution in [1.29, 1.82) is 0 Å². The minimum absolute atomic E-state index is 0.149. The number of aromatic nitrogens is 6. The maximum Gasteiger partial charge on any atom is 0.297 e. The van der Waals surface area contributed by atoms with Crippen molar-refractivity contribution in [3.63, 3.8) is 0 Å². The zero-order valence-corrected chi connectivity index (χ0v) is 21.3. The number of methoxy groups -OCH3 is 1. The van der Waals surface area contributed by atoms with E-state index >= 15 is 0 Å². The fourth-order valence-electron chi connectivity index (χ4n) is 4.43. The first-order valence-corrected chi connectivity index (χ1v) is 12.5. The molecule has 0 bridgehead atoms. The number of fused-ring (bicyclic) bond motifs is 1. The first-order chi connectivity index (χ1) is 18.7. The minimum Gasteiger partial charge on any atom is -0.465 e. The molecule has 0 atom stereocenters. The lowest BCUT2D eigenvalue weighted by Gasteiger charge is -2.13. The summed E-state index contributed by atoms with van der Waals surface area (Å²) < 4.78 is 12.9. The summed E-state index contributed by atoms with van der Waals surface area (Å²) in [5, 5.41) is 17.5. The summed E-state index contributed by atoms with van der Waals surface area (Å²) in [5.74, 6) is 0.397. The number of carbonyl (C=O) groups excluding carboxylic acids is 1. The van der Waals surface area contributed by atoms with Crippen molar-refractivity contribution < 1.29 is 14.3 Å².